The molecule has 9 heteroatoms. The molecular formula is C11H13F3N2O4. The van der Waals surface area contributed by atoms with Crippen LogP contribution in [0.1, 0.15) is 15.9 Å². The van der Waals surface area contributed by atoms with E-state index in [0.29, 0.717) is 0 Å². The van der Waals surface area contributed by atoms with Crippen molar-refractivity contribution in [1.82, 2.24) is 10.0 Å². The molecule has 0 saturated heterocycles. The second-order valence-electron chi connectivity index (χ2n) is 3.74. The lowest BCUT2D eigenvalue weighted by Gasteiger charge is -2.15. The lowest BCUT2D eigenvalue weighted by molar-refractivity contribution is -0.154. The van der Waals surface area contributed by atoms with Gasteiger partial charge in [0.2, 0.25) is 5.88 Å². The van der Waals surface area contributed by atoms with Crippen molar-refractivity contribution in [3.63, 3.8) is 0 Å². The van der Waals surface area contributed by atoms with Gasteiger partial charge in [-0.25, -0.2) is 10.0 Å². The Bertz CT molecular complexity index is 479. The highest BCUT2D eigenvalue weighted by molar-refractivity contribution is 5.93. The number of hydrogen-bond donors (Lipinski definition) is 1. The Morgan fingerprint density at radius 2 is 2.15 bits per heavy atom. The van der Waals surface area contributed by atoms with Crippen LogP contribution in [-0.4, -0.2) is 48.0 Å². The average Bonchev–Trinajstić information content (AvgIpc) is 2.42. The third-order valence-electron chi connectivity index (χ3n) is 2.28. The maximum atomic E-state index is 12.0. The van der Waals surface area contributed by atoms with Gasteiger partial charge in [0.1, 0.15) is 0 Å². The molecule has 20 heavy (non-hydrogen) atoms. The largest absolute Gasteiger partial charge is 0.468 e. The molecule has 0 aliphatic rings. The number of rotatable bonds is 5. The molecule has 1 N–H and O–H groups in total. The number of ether oxygens (including phenoxy) is 1. The Morgan fingerprint density at radius 1 is 1.50 bits per heavy atom. The van der Waals surface area contributed by atoms with Crippen LogP contribution in [0.5, 0.6) is 5.88 Å². The summed E-state index contributed by atoms with van der Waals surface area (Å²) in [5.41, 5.74) is 0.0300. The quantitative estimate of drug-likeness (QED) is 0.825. The van der Waals surface area contributed by atoms with Crippen molar-refractivity contribution in [2.45, 2.75) is 12.8 Å². The zero-order chi connectivity index (χ0) is 15.3. The summed E-state index contributed by atoms with van der Waals surface area (Å²) >= 11 is 0. The summed E-state index contributed by atoms with van der Waals surface area (Å²) in [6.07, 6.45) is -3.47. The van der Waals surface area contributed by atoms with Crippen molar-refractivity contribution < 1.29 is 32.6 Å². The van der Waals surface area contributed by atoms with Gasteiger partial charge in [0.25, 0.3) is 5.91 Å². The van der Waals surface area contributed by atoms with E-state index in [2.05, 4.69) is 14.6 Å². The number of hydroxylamine groups is 2. The summed E-state index contributed by atoms with van der Waals surface area (Å²) in [5, 5.41) is 10.0. The van der Waals surface area contributed by atoms with Gasteiger partial charge in [-0.05, 0) is 6.07 Å². The zero-order valence-electron chi connectivity index (χ0n) is 10.8. The molecule has 1 heterocycles. The number of carbonyl (C=O) groups is 1. The predicted octanol–water partition coefficient (Wildman–Crippen LogP) is 1.15. The number of aromatic nitrogens is 1. The van der Waals surface area contributed by atoms with Gasteiger partial charge >= 0.3 is 6.18 Å². The van der Waals surface area contributed by atoms with Crippen molar-refractivity contribution in [3.05, 3.63) is 23.4 Å². The molecule has 0 fully saturated rings. The third kappa shape index (κ3) is 4.35. The highest BCUT2D eigenvalue weighted by Crippen LogP contribution is 2.21. The first kappa shape index (κ1) is 16.2. The van der Waals surface area contributed by atoms with Gasteiger partial charge in [-0.2, -0.15) is 13.2 Å². The fourth-order valence-corrected chi connectivity index (χ4v) is 1.27. The Kier molecular flexibility index (Phi) is 5.28. The van der Waals surface area contributed by atoms with E-state index >= 15 is 0 Å². The first-order chi connectivity index (χ1) is 9.28. The van der Waals surface area contributed by atoms with Crippen LogP contribution in [-0.2, 0) is 11.4 Å². The highest BCUT2D eigenvalue weighted by Gasteiger charge is 2.29. The molecule has 0 aliphatic carbocycles. The molecule has 0 spiro atoms. The summed E-state index contributed by atoms with van der Waals surface area (Å²) in [7, 11) is 2.63. The van der Waals surface area contributed by atoms with Gasteiger partial charge in [0.15, 0.2) is 6.61 Å². The lowest BCUT2D eigenvalue weighted by Crippen LogP contribution is -2.26. The van der Waals surface area contributed by atoms with E-state index < -0.39 is 25.3 Å². The summed E-state index contributed by atoms with van der Waals surface area (Å²) in [6, 6.07) is 1.19. The van der Waals surface area contributed by atoms with Gasteiger partial charge < -0.3 is 9.84 Å². The normalized spacial score (nSPS) is 11.3. The molecule has 1 aromatic heterocycles. The first-order valence-electron chi connectivity index (χ1n) is 5.40. The number of alkyl halides is 3. The Balaban J connectivity index is 2.93. The maximum Gasteiger partial charge on any atom is 0.422 e. The molecule has 112 valence electrons. The van der Waals surface area contributed by atoms with Crippen LogP contribution < -0.4 is 4.74 Å². The van der Waals surface area contributed by atoms with E-state index in [-0.39, 0.29) is 17.0 Å². The SMILES string of the molecule is CON(C)C(=O)c1cnc(OCC(F)(F)F)c(CO)c1. The summed E-state index contributed by atoms with van der Waals surface area (Å²) in [6.45, 7) is -2.14. The van der Waals surface area contributed by atoms with Gasteiger partial charge in [0, 0.05) is 18.8 Å². The first-order valence-corrected chi connectivity index (χ1v) is 5.40. The maximum absolute atomic E-state index is 12.0. The molecule has 0 radical (unpaired) electrons. The molecule has 1 aromatic rings. The molecule has 0 atom stereocenters. The molecule has 0 unspecified atom stereocenters. The minimum Gasteiger partial charge on any atom is -0.468 e. The van der Waals surface area contributed by atoms with Gasteiger partial charge in [-0.1, -0.05) is 0 Å². The topological polar surface area (TPSA) is 71.9 Å². The van der Waals surface area contributed by atoms with Crippen LogP contribution in [0.15, 0.2) is 12.3 Å². The van der Waals surface area contributed by atoms with Crippen LogP contribution in [0.4, 0.5) is 13.2 Å². The Labute approximate surface area is 112 Å². The van der Waals surface area contributed by atoms with Crippen molar-refractivity contribution in [2.24, 2.45) is 0 Å². The van der Waals surface area contributed by atoms with E-state index in [1.54, 1.807) is 0 Å². The number of halogens is 3. The summed E-state index contributed by atoms with van der Waals surface area (Å²) < 4.78 is 40.6. The Hall–Kier alpha value is -1.87. The standard InChI is InChI=1S/C11H13F3N2O4/c1-16(19-2)10(18)7-3-8(5-17)9(15-4-7)20-6-11(12,13)14/h3-4,17H,5-6H2,1-2H3. The highest BCUT2D eigenvalue weighted by atomic mass is 19.4. The molecule has 1 rings (SSSR count). The Morgan fingerprint density at radius 3 is 2.65 bits per heavy atom. The molecule has 0 bridgehead atoms. The predicted molar refractivity (Wildman–Crippen MR) is 60.8 cm³/mol. The number of nitrogens with zero attached hydrogens (tertiary/aromatic N) is 2. The van der Waals surface area contributed by atoms with Crippen LogP contribution in [0, 0.1) is 0 Å². The van der Waals surface area contributed by atoms with Crippen molar-refractivity contribution >= 4 is 5.91 Å². The van der Waals surface area contributed by atoms with E-state index in [1.165, 1.54) is 20.2 Å². The lowest BCUT2D eigenvalue weighted by atomic mass is 10.2. The average molecular weight is 294 g/mol. The molecule has 0 aliphatic heterocycles. The number of pyridine rings is 1. The van der Waals surface area contributed by atoms with Crippen LogP contribution >= 0.6 is 0 Å². The molecule has 0 saturated carbocycles. The molecule has 1 amide bonds. The number of aliphatic hydroxyl groups is 1. The fraction of sp³-hybridized carbons (Fsp3) is 0.455. The molecule has 0 aromatic carbocycles. The van der Waals surface area contributed by atoms with Crippen LogP contribution in [0.2, 0.25) is 0 Å². The second-order valence-corrected chi connectivity index (χ2v) is 3.74. The minimum atomic E-state index is -4.51. The van der Waals surface area contributed by atoms with Crippen LogP contribution in [0.3, 0.4) is 0 Å². The van der Waals surface area contributed by atoms with E-state index in [0.717, 1.165) is 11.3 Å². The molecule has 6 nitrogen and oxygen atoms in total. The van der Waals surface area contributed by atoms with E-state index in [1.807, 2.05) is 0 Å². The summed E-state index contributed by atoms with van der Waals surface area (Å²) in [4.78, 5) is 20.0. The van der Waals surface area contributed by atoms with Crippen molar-refractivity contribution in [2.75, 3.05) is 20.8 Å². The number of hydrogen-bond acceptors (Lipinski definition) is 5. The fourth-order valence-electron chi connectivity index (χ4n) is 1.27. The van der Waals surface area contributed by atoms with E-state index in [9.17, 15) is 18.0 Å². The minimum absolute atomic E-state index is 0.0235. The van der Waals surface area contributed by atoms with Gasteiger partial charge in [-0.3, -0.25) is 9.63 Å². The van der Waals surface area contributed by atoms with Crippen LogP contribution in [0.25, 0.3) is 0 Å². The van der Waals surface area contributed by atoms with Crippen molar-refractivity contribution in [3.8, 4) is 5.88 Å². The smallest absolute Gasteiger partial charge is 0.422 e. The summed E-state index contributed by atoms with van der Waals surface area (Å²) in [5.74, 6) is -0.932. The van der Waals surface area contributed by atoms with Gasteiger partial charge in [-0.15, -0.1) is 0 Å². The number of aliphatic hydroxyl groups excluding tert-OH is 1. The van der Waals surface area contributed by atoms with Gasteiger partial charge in [0.05, 0.1) is 19.3 Å². The number of amides is 1. The second kappa shape index (κ2) is 6.53. The zero-order valence-corrected chi connectivity index (χ0v) is 10.8. The number of carbonyl (C=O) groups excluding carboxylic acids is 1. The van der Waals surface area contributed by atoms with E-state index in [4.69, 9.17) is 5.11 Å². The molecular weight excluding hydrogens is 281 g/mol. The van der Waals surface area contributed by atoms with Crippen molar-refractivity contribution in [1.29, 1.82) is 0 Å². The monoisotopic (exact) mass is 294 g/mol. The third-order valence-corrected chi connectivity index (χ3v) is 2.28.